The average molecular weight is 276 g/mol. The van der Waals surface area contributed by atoms with Crippen molar-refractivity contribution in [2.75, 3.05) is 0 Å². The van der Waals surface area contributed by atoms with E-state index in [1.54, 1.807) is 5.41 Å². The summed E-state index contributed by atoms with van der Waals surface area (Å²) in [6, 6.07) is 9.44. The third-order valence-corrected chi connectivity index (χ3v) is 4.89. The largest absolute Gasteiger partial charge is 0.300 e. The van der Waals surface area contributed by atoms with Crippen molar-refractivity contribution in [2.45, 2.75) is 37.5 Å². The minimum absolute atomic E-state index is 0.317. The predicted octanol–water partition coefficient (Wildman–Crippen LogP) is 3.70. The van der Waals surface area contributed by atoms with Crippen LogP contribution in [0, 0.1) is 11.8 Å². The van der Waals surface area contributed by atoms with E-state index in [9.17, 15) is 9.00 Å². The van der Waals surface area contributed by atoms with Crippen molar-refractivity contribution < 1.29 is 9.00 Å². The van der Waals surface area contributed by atoms with Gasteiger partial charge in [0.05, 0.1) is 10.8 Å². The van der Waals surface area contributed by atoms with Crippen LogP contribution in [0.4, 0.5) is 0 Å². The lowest BCUT2D eigenvalue weighted by molar-refractivity contribution is -0.121. The van der Waals surface area contributed by atoms with E-state index >= 15 is 0 Å². The van der Waals surface area contributed by atoms with Gasteiger partial charge in [-0.15, -0.1) is 0 Å². The molecule has 1 aromatic rings. The molecule has 2 rings (SSSR count). The van der Waals surface area contributed by atoms with Crippen LogP contribution in [-0.2, 0) is 15.6 Å². The number of rotatable bonds is 4. The van der Waals surface area contributed by atoms with Crippen LogP contribution in [0.3, 0.4) is 0 Å². The molecule has 0 spiro atoms. The summed E-state index contributed by atoms with van der Waals surface area (Å²) in [5.74, 6) is 1.11. The third-order valence-electron chi connectivity index (χ3n) is 3.75. The Labute approximate surface area is 117 Å². The van der Waals surface area contributed by atoms with E-state index in [-0.39, 0.29) is 0 Å². The van der Waals surface area contributed by atoms with Crippen molar-refractivity contribution in [1.29, 1.82) is 0 Å². The molecule has 0 saturated heterocycles. The van der Waals surface area contributed by atoms with Gasteiger partial charge >= 0.3 is 0 Å². The second-order valence-corrected chi connectivity index (χ2v) is 6.53. The van der Waals surface area contributed by atoms with Crippen molar-refractivity contribution in [3.8, 4) is 0 Å². The summed E-state index contributed by atoms with van der Waals surface area (Å²) in [6.45, 7) is 2.11. The second-order valence-electron chi connectivity index (χ2n) is 5.19. The number of ketones is 1. The molecular weight excluding hydrogens is 256 g/mol. The first-order valence-corrected chi connectivity index (χ1v) is 8.04. The van der Waals surface area contributed by atoms with Gasteiger partial charge in [0.1, 0.15) is 5.78 Å². The zero-order valence-corrected chi connectivity index (χ0v) is 12.1. The Bertz CT molecular complexity index is 479. The van der Waals surface area contributed by atoms with Crippen LogP contribution in [0.5, 0.6) is 0 Å². The quantitative estimate of drug-likeness (QED) is 0.840. The number of allylic oxidation sites excluding steroid dienone is 1. The molecule has 1 aliphatic carbocycles. The first-order valence-electron chi connectivity index (χ1n) is 6.82. The maximum absolute atomic E-state index is 12.1. The molecule has 3 atom stereocenters. The molecule has 0 N–H and O–H groups in total. The van der Waals surface area contributed by atoms with Crippen molar-refractivity contribution >= 4 is 16.6 Å². The van der Waals surface area contributed by atoms with Crippen molar-refractivity contribution in [1.82, 2.24) is 0 Å². The maximum atomic E-state index is 12.1. The van der Waals surface area contributed by atoms with E-state index in [1.807, 2.05) is 36.4 Å². The van der Waals surface area contributed by atoms with E-state index in [1.165, 1.54) is 0 Å². The van der Waals surface area contributed by atoms with Crippen LogP contribution < -0.4 is 0 Å². The number of hydrogen-bond donors (Lipinski definition) is 0. The van der Waals surface area contributed by atoms with Gasteiger partial charge in [-0.25, -0.2) is 4.21 Å². The molecular formula is C16H20O2S. The Hall–Kier alpha value is -1.22. The molecule has 1 saturated carbocycles. The molecule has 1 aliphatic rings. The zero-order valence-electron chi connectivity index (χ0n) is 11.2. The van der Waals surface area contributed by atoms with Crippen LogP contribution in [-0.4, -0.2) is 9.99 Å². The summed E-state index contributed by atoms with van der Waals surface area (Å²) in [7, 11) is -1.08. The summed E-state index contributed by atoms with van der Waals surface area (Å²) >= 11 is 0. The van der Waals surface area contributed by atoms with E-state index in [0.29, 0.717) is 24.0 Å². The summed E-state index contributed by atoms with van der Waals surface area (Å²) in [4.78, 5) is 12.3. The zero-order chi connectivity index (χ0) is 13.7. The van der Waals surface area contributed by atoms with Gasteiger partial charge in [-0.2, -0.15) is 0 Å². The summed E-state index contributed by atoms with van der Waals surface area (Å²) in [5, 5.41) is 1.76. The molecule has 0 radical (unpaired) electrons. The normalized spacial score (nSPS) is 23.4. The minimum Gasteiger partial charge on any atom is -0.300 e. The Morgan fingerprint density at radius 3 is 2.74 bits per heavy atom. The van der Waals surface area contributed by atoms with Crippen LogP contribution in [0.2, 0.25) is 0 Å². The van der Waals surface area contributed by atoms with E-state index in [2.05, 4.69) is 6.92 Å². The van der Waals surface area contributed by atoms with Gasteiger partial charge in [0.15, 0.2) is 0 Å². The lowest BCUT2D eigenvalue weighted by Gasteiger charge is -2.24. The Morgan fingerprint density at radius 2 is 2.05 bits per heavy atom. The van der Waals surface area contributed by atoms with Crippen LogP contribution >= 0.6 is 0 Å². The first kappa shape index (κ1) is 14.2. The van der Waals surface area contributed by atoms with Crippen molar-refractivity contribution in [3.63, 3.8) is 0 Å². The standard InChI is InChI=1S/C16H20O2S/c1-13(14-6-5-7-15(17)12-14)10-11-19(18)16-8-3-2-4-9-16/h2-4,8-11,13-14H,5-7,12H2,1H3/b11-10+/t13-,14-,19?/m1/s1. The number of carbonyl (C=O) groups excluding carboxylic acids is 1. The third kappa shape index (κ3) is 4.13. The van der Waals surface area contributed by atoms with E-state index < -0.39 is 10.8 Å². The fourth-order valence-corrected chi connectivity index (χ4v) is 3.47. The highest BCUT2D eigenvalue weighted by molar-refractivity contribution is 7.88. The van der Waals surface area contributed by atoms with Crippen LogP contribution in [0.1, 0.15) is 32.6 Å². The van der Waals surface area contributed by atoms with Crippen LogP contribution in [0.15, 0.2) is 46.7 Å². The molecule has 1 aromatic carbocycles. The molecule has 1 unspecified atom stereocenters. The molecule has 0 amide bonds. The second kappa shape index (κ2) is 6.80. The molecule has 0 bridgehead atoms. The molecule has 19 heavy (non-hydrogen) atoms. The highest BCUT2D eigenvalue weighted by atomic mass is 32.2. The Kier molecular flexibility index (Phi) is 5.08. The highest BCUT2D eigenvalue weighted by Gasteiger charge is 2.23. The van der Waals surface area contributed by atoms with Crippen molar-refractivity contribution in [3.05, 3.63) is 41.8 Å². The van der Waals surface area contributed by atoms with Gasteiger partial charge < -0.3 is 0 Å². The summed E-state index contributed by atoms with van der Waals surface area (Å²) in [6.07, 6.45) is 5.54. The van der Waals surface area contributed by atoms with Crippen molar-refractivity contribution in [2.24, 2.45) is 11.8 Å². The van der Waals surface area contributed by atoms with Gasteiger partial charge in [0.25, 0.3) is 0 Å². The van der Waals surface area contributed by atoms with E-state index in [0.717, 1.165) is 24.2 Å². The Morgan fingerprint density at radius 1 is 1.32 bits per heavy atom. The smallest absolute Gasteiger partial charge is 0.133 e. The number of carbonyl (C=O) groups is 1. The molecule has 0 aliphatic heterocycles. The maximum Gasteiger partial charge on any atom is 0.133 e. The Balaban J connectivity index is 1.94. The van der Waals surface area contributed by atoms with Gasteiger partial charge in [-0.1, -0.05) is 31.2 Å². The fraction of sp³-hybridized carbons (Fsp3) is 0.438. The lowest BCUT2D eigenvalue weighted by Crippen LogP contribution is -2.19. The molecule has 3 heteroatoms. The summed E-state index contributed by atoms with van der Waals surface area (Å²) < 4.78 is 12.1. The molecule has 2 nitrogen and oxygen atoms in total. The molecule has 102 valence electrons. The molecule has 0 aromatic heterocycles. The topological polar surface area (TPSA) is 34.1 Å². The van der Waals surface area contributed by atoms with Gasteiger partial charge in [0.2, 0.25) is 0 Å². The number of hydrogen-bond acceptors (Lipinski definition) is 2. The fourth-order valence-electron chi connectivity index (χ4n) is 2.49. The molecule has 0 heterocycles. The van der Waals surface area contributed by atoms with Gasteiger partial charge in [-0.3, -0.25) is 4.79 Å². The predicted molar refractivity (Wildman–Crippen MR) is 78.1 cm³/mol. The molecule has 1 fully saturated rings. The monoisotopic (exact) mass is 276 g/mol. The van der Waals surface area contributed by atoms with E-state index in [4.69, 9.17) is 0 Å². The van der Waals surface area contributed by atoms with Gasteiger partial charge in [0, 0.05) is 23.1 Å². The highest BCUT2D eigenvalue weighted by Crippen LogP contribution is 2.28. The first-order chi connectivity index (χ1) is 9.16. The van der Waals surface area contributed by atoms with Crippen LogP contribution in [0.25, 0.3) is 0 Å². The number of Topliss-reactive ketones (excluding diaryl/α,β-unsaturated/α-hetero) is 1. The average Bonchev–Trinajstić information content (AvgIpc) is 2.45. The minimum atomic E-state index is -1.08. The van der Waals surface area contributed by atoms with Gasteiger partial charge in [-0.05, 0) is 36.8 Å². The summed E-state index contributed by atoms with van der Waals surface area (Å²) in [5.41, 5.74) is 0. The number of benzene rings is 1. The SMILES string of the molecule is C[C@H](/C=C/S(=O)c1ccccc1)[C@@H]1CCCC(=O)C1. The lowest BCUT2D eigenvalue weighted by atomic mass is 9.80.